The number of carboxylic acid groups (broad SMARTS) is 1. The third-order valence-corrected chi connectivity index (χ3v) is 7.23. The maximum Gasteiger partial charge on any atom is 0.303 e. The van der Waals surface area contributed by atoms with Gasteiger partial charge in [-0.15, -0.1) is 0 Å². The van der Waals surface area contributed by atoms with E-state index in [-0.39, 0.29) is 30.3 Å². The first kappa shape index (κ1) is 27.0. The summed E-state index contributed by atoms with van der Waals surface area (Å²) in [6.07, 6.45) is 6.66. The summed E-state index contributed by atoms with van der Waals surface area (Å²) in [5.74, 6) is 0.374. The van der Waals surface area contributed by atoms with Gasteiger partial charge in [0.1, 0.15) is 5.75 Å². The topological polar surface area (TPSA) is 85.3 Å². The van der Waals surface area contributed by atoms with Crippen LogP contribution in [0.4, 0.5) is 0 Å². The quantitative estimate of drug-likeness (QED) is 0.328. The minimum Gasteiger partial charge on any atom is -0.497 e. The average Bonchev–Trinajstić information content (AvgIpc) is 3.24. The van der Waals surface area contributed by atoms with Crippen molar-refractivity contribution in [1.29, 1.82) is 0 Å². The second-order valence-corrected chi connectivity index (χ2v) is 9.70. The molecule has 1 aliphatic heterocycles. The maximum absolute atomic E-state index is 13.1. The monoisotopic (exact) mass is 507 g/mol. The predicted octanol–water partition coefficient (Wildman–Crippen LogP) is 4.74. The zero-order chi connectivity index (χ0) is 26.0. The van der Waals surface area contributed by atoms with E-state index in [4.69, 9.17) is 19.3 Å². The normalized spacial score (nSPS) is 22.5. The van der Waals surface area contributed by atoms with Gasteiger partial charge >= 0.3 is 5.97 Å². The van der Waals surface area contributed by atoms with Crippen molar-refractivity contribution in [3.63, 3.8) is 0 Å². The second kappa shape index (κ2) is 13.5. The number of carboxylic acids is 1. The molecule has 1 heterocycles. The minimum absolute atomic E-state index is 0.0693. The number of unbranched alkanes of at least 4 members (excludes halogenated alkanes) is 1. The number of nitrogens with zero attached hydrogens (tertiary/aromatic N) is 1. The molecule has 4 rings (SSSR count). The summed E-state index contributed by atoms with van der Waals surface area (Å²) in [7, 11) is 1.66. The summed E-state index contributed by atoms with van der Waals surface area (Å²) in [5.41, 5.74) is 3.32. The van der Waals surface area contributed by atoms with Crippen molar-refractivity contribution in [1.82, 2.24) is 4.90 Å². The Morgan fingerprint density at radius 2 is 1.73 bits per heavy atom. The van der Waals surface area contributed by atoms with Gasteiger partial charge in [0, 0.05) is 31.8 Å². The van der Waals surface area contributed by atoms with Gasteiger partial charge in [-0.25, -0.2) is 0 Å². The molecule has 2 aromatic rings. The van der Waals surface area contributed by atoms with E-state index in [2.05, 4.69) is 35.2 Å². The number of morpholine rings is 1. The molecule has 37 heavy (non-hydrogen) atoms. The Bertz CT molecular complexity index is 1040. The number of benzene rings is 2. The van der Waals surface area contributed by atoms with Crippen LogP contribution < -0.4 is 4.74 Å². The largest absolute Gasteiger partial charge is 0.497 e. The first-order chi connectivity index (χ1) is 18.0. The van der Waals surface area contributed by atoms with Gasteiger partial charge in [-0.1, -0.05) is 48.6 Å². The summed E-state index contributed by atoms with van der Waals surface area (Å²) < 4.78 is 17.1. The number of aliphatic carboxylic acids is 1. The van der Waals surface area contributed by atoms with Gasteiger partial charge in [0.05, 0.1) is 39.1 Å². The van der Waals surface area contributed by atoms with Crippen molar-refractivity contribution >= 4 is 11.8 Å². The van der Waals surface area contributed by atoms with Crippen LogP contribution >= 0.6 is 0 Å². The second-order valence-electron chi connectivity index (χ2n) is 9.70. The molecule has 7 nitrogen and oxygen atoms in total. The van der Waals surface area contributed by atoms with E-state index >= 15 is 0 Å². The highest BCUT2D eigenvalue weighted by molar-refractivity contribution is 5.87. The minimum atomic E-state index is -0.771. The first-order valence-corrected chi connectivity index (χ1v) is 13.1. The van der Waals surface area contributed by atoms with E-state index in [1.54, 1.807) is 7.11 Å². The molecule has 1 N–H and O–H groups in total. The molecule has 0 unspecified atom stereocenters. The van der Waals surface area contributed by atoms with Crippen molar-refractivity contribution in [3.05, 3.63) is 66.2 Å². The van der Waals surface area contributed by atoms with Gasteiger partial charge in [-0.2, -0.15) is 0 Å². The molecular weight excluding hydrogens is 470 g/mol. The van der Waals surface area contributed by atoms with E-state index in [0.29, 0.717) is 32.7 Å². The van der Waals surface area contributed by atoms with Crippen molar-refractivity contribution < 1.29 is 28.9 Å². The summed E-state index contributed by atoms with van der Waals surface area (Å²) >= 11 is 0. The van der Waals surface area contributed by atoms with Crippen LogP contribution in [0.2, 0.25) is 0 Å². The molecule has 0 radical (unpaired) electrons. The lowest BCUT2D eigenvalue weighted by Gasteiger charge is -2.35. The van der Waals surface area contributed by atoms with E-state index in [9.17, 15) is 9.59 Å². The summed E-state index contributed by atoms with van der Waals surface area (Å²) in [6.45, 7) is 3.26. The van der Waals surface area contributed by atoms with E-state index in [1.165, 1.54) is 0 Å². The molecular formula is C30H37NO6. The van der Waals surface area contributed by atoms with Crippen molar-refractivity contribution in [2.24, 2.45) is 5.92 Å². The Morgan fingerprint density at radius 1 is 1.05 bits per heavy atom. The Hall–Kier alpha value is -3.00. The molecule has 2 aliphatic rings. The van der Waals surface area contributed by atoms with Gasteiger partial charge in [0.2, 0.25) is 0 Å². The fourth-order valence-electron chi connectivity index (χ4n) is 5.23. The SMILES string of the molecule is COc1ccc(-c2ccc(CO[C@H]3CC(=O)[C@H](N4CCOCC4)[C@H]3CC=CCCCC(=O)O)cc2)cc1. The molecule has 1 saturated carbocycles. The molecule has 0 aromatic heterocycles. The fourth-order valence-corrected chi connectivity index (χ4v) is 5.23. The fraction of sp³-hybridized carbons (Fsp3) is 0.467. The van der Waals surface area contributed by atoms with Gasteiger partial charge in [0.15, 0.2) is 5.78 Å². The standard InChI is InChI=1S/C30H37NO6/c1-35-25-14-12-24(13-15-25)23-10-8-22(9-11-23)21-37-28-20-27(32)30(31-16-18-36-19-17-31)26(28)6-4-2-3-5-7-29(33)34/h2,4,8-15,26,28,30H,3,5-7,16-21H2,1H3,(H,33,34)/t26-,28-,30+/m0/s1. The average molecular weight is 508 g/mol. The number of ketones is 1. The molecule has 0 bridgehead atoms. The number of hydrogen-bond donors (Lipinski definition) is 1. The number of hydrogen-bond acceptors (Lipinski definition) is 6. The lowest BCUT2D eigenvalue weighted by molar-refractivity contribution is -0.137. The zero-order valence-electron chi connectivity index (χ0n) is 21.5. The third kappa shape index (κ3) is 7.51. The van der Waals surface area contributed by atoms with Crippen LogP contribution in [0, 0.1) is 5.92 Å². The maximum atomic E-state index is 13.1. The predicted molar refractivity (Wildman–Crippen MR) is 142 cm³/mol. The lowest BCUT2D eigenvalue weighted by atomic mass is 9.95. The van der Waals surface area contributed by atoms with E-state index < -0.39 is 5.97 Å². The van der Waals surface area contributed by atoms with Gasteiger partial charge < -0.3 is 19.3 Å². The number of carbonyl (C=O) groups excluding carboxylic acids is 1. The van der Waals surface area contributed by atoms with Crippen LogP contribution in [0.3, 0.4) is 0 Å². The third-order valence-electron chi connectivity index (χ3n) is 7.23. The summed E-state index contributed by atoms with van der Waals surface area (Å²) in [4.78, 5) is 26.1. The highest BCUT2D eigenvalue weighted by atomic mass is 16.5. The molecule has 1 aliphatic carbocycles. The number of Topliss-reactive ketones (excluding diaryl/α,β-unsaturated/α-hetero) is 1. The molecule has 2 aromatic carbocycles. The Kier molecular flexibility index (Phi) is 9.88. The number of allylic oxidation sites excluding steroid dienone is 2. The Balaban J connectivity index is 1.38. The molecule has 7 heteroatoms. The van der Waals surface area contributed by atoms with Crippen LogP contribution in [-0.4, -0.2) is 67.3 Å². The van der Waals surface area contributed by atoms with Crippen LogP contribution in [0.5, 0.6) is 5.75 Å². The molecule has 2 fully saturated rings. The van der Waals surface area contributed by atoms with Crippen molar-refractivity contribution in [3.8, 4) is 16.9 Å². The van der Waals surface area contributed by atoms with Crippen molar-refractivity contribution in [2.45, 2.75) is 50.9 Å². The molecule has 3 atom stereocenters. The summed E-state index contributed by atoms with van der Waals surface area (Å²) in [5, 5.41) is 8.83. The Morgan fingerprint density at radius 3 is 2.38 bits per heavy atom. The number of ether oxygens (including phenoxy) is 3. The van der Waals surface area contributed by atoms with Crippen LogP contribution in [0.15, 0.2) is 60.7 Å². The van der Waals surface area contributed by atoms with Crippen LogP contribution in [0.25, 0.3) is 11.1 Å². The summed E-state index contributed by atoms with van der Waals surface area (Å²) in [6, 6.07) is 16.2. The van der Waals surface area contributed by atoms with Crippen LogP contribution in [-0.2, 0) is 25.7 Å². The van der Waals surface area contributed by atoms with Crippen LogP contribution in [0.1, 0.15) is 37.7 Å². The Labute approximate surface area is 219 Å². The first-order valence-electron chi connectivity index (χ1n) is 13.1. The van der Waals surface area contributed by atoms with E-state index in [1.807, 2.05) is 30.3 Å². The molecule has 0 amide bonds. The number of methoxy groups -OCH3 is 1. The number of rotatable bonds is 12. The van der Waals surface area contributed by atoms with Gasteiger partial charge in [0.25, 0.3) is 0 Å². The van der Waals surface area contributed by atoms with Gasteiger partial charge in [-0.3, -0.25) is 14.5 Å². The highest BCUT2D eigenvalue weighted by Gasteiger charge is 2.45. The molecule has 198 valence electrons. The van der Waals surface area contributed by atoms with Crippen molar-refractivity contribution in [2.75, 3.05) is 33.4 Å². The lowest BCUT2D eigenvalue weighted by Crippen LogP contribution is -2.49. The molecule has 0 spiro atoms. The van der Waals surface area contributed by atoms with E-state index in [0.717, 1.165) is 48.4 Å². The smallest absolute Gasteiger partial charge is 0.303 e. The number of carbonyl (C=O) groups is 2. The molecule has 1 saturated heterocycles. The highest BCUT2D eigenvalue weighted by Crippen LogP contribution is 2.34. The zero-order valence-corrected chi connectivity index (χ0v) is 21.5. The van der Waals surface area contributed by atoms with Gasteiger partial charge in [-0.05, 0) is 48.1 Å².